The summed E-state index contributed by atoms with van der Waals surface area (Å²) in [6, 6.07) is 5.82. The highest BCUT2D eigenvalue weighted by Crippen LogP contribution is 2.20. The number of nitrogens with one attached hydrogen (secondary N) is 2. The normalized spacial score (nSPS) is 10.7. The Morgan fingerprint density at radius 3 is 2.18 bits per heavy atom. The van der Waals surface area contributed by atoms with E-state index in [9.17, 15) is 18.0 Å². The van der Waals surface area contributed by atoms with Gasteiger partial charge in [-0.05, 0) is 12.1 Å². The van der Waals surface area contributed by atoms with Crippen LogP contribution in [0, 0.1) is 0 Å². The summed E-state index contributed by atoms with van der Waals surface area (Å²) in [6.45, 7) is 2.36. The van der Waals surface area contributed by atoms with E-state index in [1.165, 1.54) is 25.1 Å². The summed E-state index contributed by atoms with van der Waals surface area (Å²) in [5.41, 5.74) is 0.133. The molecule has 0 aliphatic heterocycles. The molecule has 92 valence electrons. The van der Waals surface area contributed by atoms with Crippen LogP contribution in [0.4, 0.5) is 5.69 Å². The molecule has 0 aliphatic carbocycles. The molecule has 2 N–H and O–H groups in total. The summed E-state index contributed by atoms with van der Waals surface area (Å²) in [6.07, 6.45) is 0. The molecule has 0 atom stereocenters. The Balaban J connectivity index is 3.21. The molecule has 0 saturated carbocycles. The summed E-state index contributed by atoms with van der Waals surface area (Å²) in [5.74, 6) is -1.09. The smallest absolute Gasteiger partial charge is 0.266 e. The molecule has 1 rings (SSSR count). The summed E-state index contributed by atoms with van der Waals surface area (Å²) in [5, 5.41) is 2.38. The highest BCUT2D eigenvalue weighted by molar-refractivity contribution is 7.90. The van der Waals surface area contributed by atoms with Gasteiger partial charge in [-0.2, -0.15) is 0 Å². The van der Waals surface area contributed by atoms with Gasteiger partial charge in [0.2, 0.25) is 11.8 Å². The van der Waals surface area contributed by atoms with Gasteiger partial charge < -0.3 is 5.32 Å². The molecule has 0 fully saturated rings. The molecule has 1 aromatic rings. The van der Waals surface area contributed by atoms with Gasteiger partial charge in [-0.3, -0.25) is 9.59 Å². The van der Waals surface area contributed by atoms with Crippen molar-refractivity contribution in [1.29, 1.82) is 0 Å². The molecule has 17 heavy (non-hydrogen) atoms. The van der Waals surface area contributed by atoms with Crippen molar-refractivity contribution in [1.82, 2.24) is 4.72 Å². The van der Waals surface area contributed by atoms with Crippen LogP contribution in [0.1, 0.15) is 13.8 Å². The minimum absolute atomic E-state index is 0.133. The van der Waals surface area contributed by atoms with E-state index in [2.05, 4.69) is 5.32 Å². The first-order valence-corrected chi connectivity index (χ1v) is 6.21. The van der Waals surface area contributed by atoms with Gasteiger partial charge >= 0.3 is 0 Å². The first kappa shape index (κ1) is 13.2. The molecule has 0 unspecified atom stereocenters. The third kappa shape index (κ3) is 3.56. The maximum absolute atomic E-state index is 11.8. The summed E-state index contributed by atoms with van der Waals surface area (Å²) >= 11 is 0. The molecule has 0 aliphatic rings. The first-order valence-electron chi connectivity index (χ1n) is 4.73. The number of sulfonamides is 1. The third-order valence-electron chi connectivity index (χ3n) is 1.77. The van der Waals surface area contributed by atoms with Crippen molar-refractivity contribution in [2.24, 2.45) is 0 Å². The van der Waals surface area contributed by atoms with Crippen LogP contribution in [0.3, 0.4) is 0 Å². The second-order valence-corrected chi connectivity index (χ2v) is 4.99. The topological polar surface area (TPSA) is 92.3 Å². The molecule has 0 spiro atoms. The minimum atomic E-state index is -3.95. The second-order valence-electron chi connectivity index (χ2n) is 3.34. The van der Waals surface area contributed by atoms with E-state index in [-0.39, 0.29) is 10.6 Å². The average Bonchev–Trinajstić information content (AvgIpc) is 2.15. The molecular weight excluding hydrogens is 244 g/mol. The maximum Gasteiger partial charge on any atom is 0.266 e. The van der Waals surface area contributed by atoms with E-state index in [0.717, 1.165) is 6.92 Å². The van der Waals surface area contributed by atoms with Gasteiger partial charge in [0.15, 0.2) is 0 Å². The molecule has 7 heteroatoms. The monoisotopic (exact) mass is 256 g/mol. The predicted octanol–water partition coefficient (Wildman–Crippen LogP) is 0.470. The molecule has 0 saturated heterocycles. The van der Waals surface area contributed by atoms with Crippen LogP contribution in [0.15, 0.2) is 29.2 Å². The predicted molar refractivity (Wildman–Crippen MR) is 61.7 cm³/mol. The molecule has 0 aromatic heterocycles. The molecule has 6 nitrogen and oxygen atoms in total. The van der Waals surface area contributed by atoms with Crippen LogP contribution in [-0.2, 0) is 19.6 Å². The fraction of sp³-hybridized carbons (Fsp3) is 0.200. The van der Waals surface area contributed by atoms with Crippen LogP contribution >= 0.6 is 0 Å². The first-order chi connectivity index (χ1) is 7.83. The van der Waals surface area contributed by atoms with Crippen molar-refractivity contribution in [2.75, 3.05) is 5.32 Å². The van der Waals surface area contributed by atoms with E-state index >= 15 is 0 Å². The van der Waals surface area contributed by atoms with Crippen molar-refractivity contribution < 1.29 is 18.0 Å². The number of rotatable bonds is 3. The van der Waals surface area contributed by atoms with Crippen molar-refractivity contribution in [3.05, 3.63) is 24.3 Å². The summed E-state index contributed by atoms with van der Waals surface area (Å²) < 4.78 is 25.4. The Hall–Kier alpha value is -1.89. The lowest BCUT2D eigenvalue weighted by Crippen LogP contribution is -2.29. The maximum atomic E-state index is 11.8. The lowest BCUT2D eigenvalue weighted by molar-refractivity contribution is -0.117. The molecular formula is C10H12N2O4S. The molecule has 0 heterocycles. The largest absolute Gasteiger partial charge is 0.325 e. The van der Waals surface area contributed by atoms with E-state index in [0.29, 0.717) is 0 Å². The van der Waals surface area contributed by atoms with Gasteiger partial charge in [-0.25, -0.2) is 13.1 Å². The standard InChI is InChI=1S/C10H12N2O4S/c1-7(13)11-9-5-3-4-6-10(9)17(15,16)12-8(2)14/h3-6H,1-2H3,(H,11,13)(H,12,14). The highest BCUT2D eigenvalue weighted by atomic mass is 32.2. The minimum Gasteiger partial charge on any atom is -0.325 e. The number of benzene rings is 1. The fourth-order valence-corrected chi connectivity index (χ4v) is 2.39. The van der Waals surface area contributed by atoms with Crippen LogP contribution in [0.2, 0.25) is 0 Å². The van der Waals surface area contributed by atoms with Gasteiger partial charge in [0.1, 0.15) is 4.90 Å². The van der Waals surface area contributed by atoms with Gasteiger partial charge in [0.25, 0.3) is 10.0 Å². The van der Waals surface area contributed by atoms with E-state index in [4.69, 9.17) is 0 Å². The third-order valence-corrected chi connectivity index (χ3v) is 3.26. The zero-order valence-electron chi connectivity index (χ0n) is 9.35. The lowest BCUT2D eigenvalue weighted by atomic mass is 10.3. The Kier molecular flexibility index (Phi) is 3.84. The molecule has 2 amide bonds. The van der Waals surface area contributed by atoms with E-state index in [1.807, 2.05) is 4.72 Å². The van der Waals surface area contributed by atoms with E-state index < -0.39 is 21.8 Å². The number of amides is 2. The van der Waals surface area contributed by atoms with Crippen LogP contribution in [-0.4, -0.2) is 20.2 Å². The Labute approximate surface area is 99.1 Å². The molecule has 1 aromatic carbocycles. The van der Waals surface area contributed by atoms with Crippen LogP contribution < -0.4 is 10.0 Å². The quantitative estimate of drug-likeness (QED) is 0.822. The molecule has 0 bridgehead atoms. The van der Waals surface area contributed by atoms with Crippen LogP contribution in [0.5, 0.6) is 0 Å². The Morgan fingerprint density at radius 2 is 1.65 bits per heavy atom. The van der Waals surface area contributed by atoms with E-state index in [1.54, 1.807) is 6.07 Å². The summed E-state index contributed by atoms with van der Waals surface area (Å²) in [7, 11) is -3.95. The average molecular weight is 256 g/mol. The zero-order valence-corrected chi connectivity index (χ0v) is 10.2. The zero-order chi connectivity index (χ0) is 13.1. The number of carbonyl (C=O) groups excluding carboxylic acids is 2. The van der Waals surface area contributed by atoms with Gasteiger partial charge in [0.05, 0.1) is 5.69 Å². The van der Waals surface area contributed by atoms with Crippen molar-refractivity contribution >= 4 is 27.5 Å². The Bertz CT molecular complexity index is 551. The number of hydrogen-bond acceptors (Lipinski definition) is 4. The van der Waals surface area contributed by atoms with Crippen LogP contribution in [0.25, 0.3) is 0 Å². The summed E-state index contributed by atoms with van der Waals surface area (Å²) in [4.78, 5) is 21.6. The van der Waals surface area contributed by atoms with Gasteiger partial charge in [-0.15, -0.1) is 0 Å². The second kappa shape index (κ2) is 4.96. The molecule has 0 radical (unpaired) electrons. The number of anilines is 1. The van der Waals surface area contributed by atoms with Crippen molar-refractivity contribution in [3.8, 4) is 0 Å². The SMILES string of the molecule is CC(=O)Nc1ccccc1S(=O)(=O)NC(C)=O. The number of hydrogen-bond donors (Lipinski definition) is 2. The lowest BCUT2D eigenvalue weighted by Gasteiger charge is -2.10. The Morgan fingerprint density at radius 1 is 1.06 bits per heavy atom. The number of carbonyl (C=O) groups is 2. The van der Waals surface area contributed by atoms with Crippen molar-refractivity contribution in [2.45, 2.75) is 18.7 Å². The van der Waals surface area contributed by atoms with Gasteiger partial charge in [-0.1, -0.05) is 12.1 Å². The van der Waals surface area contributed by atoms with Crippen molar-refractivity contribution in [3.63, 3.8) is 0 Å². The number of para-hydroxylation sites is 1. The highest BCUT2D eigenvalue weighted by Gasteiger charge is 2.19. The van der Waals surface area contributed by atoms with Gasteiger partial charge in [0, 0.05) is 13.8 Å². The fourth-order valence-electron chi connectivity index (χ4n) is 1.24.